The van der Waals surface area contributed by atoms with E-state index in [1.54, 1.807) is 18.2 Å². The summed E-state index contributed by atoms with van der Waals surface area (Å²) in [7, 11) is 1.27. The summed E-state index contributed by atoms with van der Waals surface area (Å²) in [6.45, 7) is 3.39. The van der Waals surface area contributed by atoms with Gasteiger partial charge in [0.2, 0.25) is 11.6 Å². The van der Waals surface area contributed by atoms with Gasteiger partial charge in [-0.1, -0.05) is 37.3 Å². The number of rotatable bonds is 5. The molecule has 28 heavy (non-hydrogen) atoms. The van der Waals surface area contributed by atoms with Gasteiger partial charge >= 0.3 is 5.91 Å². The molecular formula is C21H23NO6. The third-order valence-electron chi connectivity index (χ3n) is 4.78. The van der Waals surface area contributed by atoms with Crippen molar-refractivity contribution < 1.29 is 29.4 Å². The fourth-order valence-corrected chi connectivity index (χ4v) is 3.30. The zero-order valence-electron chi connectivity index (χ0n) is 16.0. The van der Waals surface area contributed by atoms with E-state index in [2.05, 4.69) is 0 Å². The van der Waals surface area contributed by atoms with Crippen LogP contribution < -0.4 is 0 Å². The second kappa shape index (κ2) is 7.71. The van der Waals surface area contributed by atoms with Crippen LogP contribution in [-0.4, -0.2) is 34.0 Å². The van der Waals surface area contributed by atoms with Crippen LogP contribution >= 0.6 is 0 Å². The molecule has 7 nitrogen and oxygen atoms in total. The molecule has 2 atom stereocenters. The molecule has 2 N–H and O–H groups in total. The summed E-state index contributed by atoms with van der Waals surface area (Å²) in [5.74, 6) is -3.59. The Labute approximate surface area is 163 Å². The minimum Gasteiger partial charge on any atom is -0.508 e. The van der Waals surface area contributed by atoms with Gasteiger partial charge in [0.25, 0.3) is 0 Å². The number of ether oxygens (including phenoxy) is 1. The quantitative estimate of drug-likeness (QED) is 0.466. The van der Waals surface area contributed by atoms with Crippen LogP contribution in [0.5, 0.6) is 5.75 Å². The summed E-state index contributed by atoms with van der Waals surface area (Å²) in [5, 5.41) is 21.8. The summed E-state index contributed by atoms with van der Waals surface area (Å²) in [6.07, 6.45) is -0.160. The number of phenolic OH excluding ortho intramolecular Hbond substituents is 1. The largest absolute Gasteiger partial charge is 0.508 e. The molecule has 2 aromatic carbocycles. The topological polar surface area (TPSA) is 96.3 Å². The minimum absolute atomic E-state index is 0.0703. The Kier molecular flexibility index (Phi) is 5.51. The highest BCUT2D eigenvalue weighted by Gasteiger charge is 2.48. The van der Waals surface area contributed by atoms with Gasteiger partial charge < -0.3 is 14.9 Å². The zero-order chi connectivity index (χ0) is 20.5. The number of benzene rings is 2. The van der Waals surface area contributed by atoms with Crippen molar-refractivity contribution >= 4 is 11.7 Å². The van der Waals surface area contributed by atoms with Crippen LogP contribution in [-0.2, 0) is 38.0 Å². The molecule has 1 aliphatic rings. The summed E-state index contributed by atoms with van der Waals surface area (Å²) in [4.78, 5) is 29.1. The first kappa shape index (κ1) is 20.0. The number of likely N-dealkylation sites (N-methyl/N-ethyl adjacent to an activating group) is 1. The SMILES string of the molecule is CCc1ccc2c(c1)COC(c1ccc(O)cc1)C2(O)ON(C)C(=O)C(C)=O. The minimum atomic E-state index is -2.04. The Bertz CT molecular complexity index is 894. The predicted octanol–water partition coefficient (Wildman–Crippen LogP) is 2.35. The van der Waals surface area contributed by atoms with Crippen molar-refractivity contribution in [2.45, 2.75) is 38.8 Å². The number of carbonyl (C=O) groups excluding carboxylic acids is 2. The third-order valence-corrected chi connectivity index (χ3v) is 4.78. The number of hydrogen-bond donors (Lipinski definition) is 2. The van der Waals surface area contributed by atoms with Gasteiger partial charge in [0, 0.05) is 19.5 Å². The van der Waals surface area contributed by atoms with E-state index in [4.69, 9.17) is 9.57 Å². The second-order valence-electron chi connectivity index (χ2n) is 6.77. The van der Waals surface area contributed by atoms with Crippen LogP contribution in [0.4, 0.5) is 0 Å². The molecule has 2 aromatic rings. The molecule has 0 bridgehead atoms. The van der Waals surface area contributed by atoms with Crippen molar-refractivity contribution in [3.63, 3.8) is 0 Å². The molecule has 0 fully saturated rings. The van der Waals surface area contributed by atoms with Crippen molar-refractivity contribution in [1.82, 2.24) is 5.06 Å². The molecule has 1 heterocycles. The van der Waals surface area contributed by atoms with Crippen LogP contribution in [0.15, 0.2) is 42.5 Å². The number of amides is 1. The molecule has 0 radical (unpaired) electrons. The molecule has 0 aliphatic carbocycles. The van der Waals surface area contributed by atoms with Gasteiger partial charge in [-0.25, -0.2) is 9.90 Å². The van der Waals surface area contributed by atoms with Crippen molar-refractivity contribution in [1.29, 1.82) is 0 Å². The lowest BCUT2D eigenvalue weighted by atomic mass is 9.87. The van der Waals surface area contributed by atoms with E-state index in [0.29, 0.717) is 11.1 Å². The van der Waals surface area contributed by atoms with Crippen LogP contribution in [0.3, 0.4) is 0 Å². The van der Waals surface area contributed by atoms with Crippen LogP contribution in [0.25, 0.3) is 0 Å². The smallest absolute Gasteiger partial charge is 0.313 e. The van der Waals surface area contributed by atoms with Gasteiger partial charge in [0.15, 0.2) is 0 Å². The number of aliphatic hydroxyl groups is 1. The number of nitrogens with zero attached hydrogens (tertiary/aromatic N) is 1. The molecular weight excluding hydrogens is 362 g/mol. The molecule has 1 aliphatic heterocycles. The zero-order valence-corrected chi connectivity index (χ0v) is 16.0. The Morgan fingerprint density at radius 3 is 2.54 bits per heavy atom. The Hall–Kier alpha value is -2.74. The standard InChI is InChI=1S/C21H23NO6/c1-4-14-5-10-18-16(11-14)12-27-19(15-6-8-17(24)9-7-15)21(18,26)28-22(3)20(25)13(2)23/h5-11,19,24,26H,4,12H2,1-3H3. The van der Waals surface area contributed by atoms with E-state index in [1.165, 1.54) is 19.2 Å². The summed E-state index contributed by atoms with van der Waals surface area (Å²) >= 11 is 0. The molecule has 1 amide bonds. The summed E-state index contributed by atoms with van der Waals surface area (Å²) in [5.41, 5.74) is 2.81. The molecule has 0 aromatic heterocycles. The van der Waals surface area contributed by atoms with Crippen molar-refractivity contribution in [3.8, 4) is 5.75 Å². The highest BCUT2D eigenvalue weighted by molar-refractivity contribution is 6.34. The van der Waals surface area contributed by atoms with Gasteiger partial charge in [0.1, 0.15) is 11.9 Å². The molecule has 148 valence electrons. The predicted molar refractivity (Wildman–Crippen MR) is 99.9 cm³/mol. The van der Waals surface area contributed by atoms with Crippen molar-refractivity contribution in [3.05, 3.63) is 64.7 Å². The highest BCUT2D eigenvalue weighted by atomic mass is 16.8. The number of fused-ring (bicyclic) bond motifs is 1. The first-order valence-corrected chi connectivity index (χ1v) is 8.99. The van der Waals surface area contributed by atoms with Crippen LogP contribution in [0.1, 0.15) is 42.2 Å². The van der Waals surface area contributed by atoms with E-state index in [-0.39, 0.29) is 12.4 Å². The maximum atomic E-state index is 12.0. The number of hydrogen-bond acceptors (Lipinski definition) is 6. The maximum absolute atomic E-state index is 12.0. The van der Waals surface area contributed by atoms with Crippen LogP contribution in [0, 0.1) is 0 Å². The lowest BCUT2D eigenvalue weighted by molar-refractivity contribution is -0.364. The van der Waals surface area contributed by atoms with Gasteiger partial charge in [-0.2, -0.15) is 0 Å². The van der Waals surface area contributed by atoms with Gasteiger partial charge in [0.05, 0.1) is 6.61 Å². The van der Waals surface area contributed by atoms with E-state index in [0.717, 1.165) is 29.5 Å². The molecule has 2 unspecified atom stereocenters. The average Bonchev–Trinajstić information content (AvgIpc) is 2.68. The maximum Gasteiger partial charge on any atom is 0.313 e. The highest BCUT2D eigenvalue weighted by Crippen LogP contribution is 2.45. The number of Topliss-reactive ketones (excluding diaryl/α,β-unsaturated/α-hetero) is 1. The van der Waals surface area contributed by atoms with E-state index < -0.39 is 23.6 Å². The van der Waals surface area contributed by atoms with E-state index in [1.807, 2.05) is 19.1 Å². The number of aryl methyl sites for hydroxylation is 1. The Balaban J connectivity index is 2.08. The summed E-state index contributed by atoms with van der Waals surface area (Å²) < 4.78 is 5.91. The second-order valence-corrected chi connectivity index (χ2v) is 6.77. The third kappa shape index (κ3) is 3.64. The lowest BCUT2D eigenvalue weighted by Crippen LogP contribution is -2.48. The van der Waals surface area contributed by atoms with Gasteiger partial charge in [-0.15, -0.1) is 0 Å². The molecule has 0 spiro atoms. The molecule has 0 saturated carbocycles. The monoisotopic (exact) mass is 385 g/mol. The molecule has 0 saturated heterocycles. The van der Waals surface area contributed by atoms with E-state index >= 15 is 0 Å². The molecule has 7 heteroatoms. The van der Waals surface area contributed by atoms with Crippen LogP contribution in [0.2, 0.25) is 0 Å². The molecule has 3 rings (SSSR count). The first-order valence-electron chi connectivity index (χ1n) is 8.99. The lowest BCUT2D eigenvalue weighted by Gasteiger charge is -2.42. The number of aromatic hydroxyl groups is 1. The fourth-order valence-electron chi connectivity index (χ4n) is 3.30. The summed E-state index contributed by atoms with van der Waals surface area (Å²) in [6, 6.07) is 11.7. The normalized spacial score (nSPS) is 21.1. The van der Waals surface area contributed by atoms with Gasteiger partial charge in [-0.05, 0) is 35.2 Å². The average molecular weight is 385 g/mol. The van der Waals surface area contributed by atoms with Crippen molar-refractivity contribution in [2.24, 2.45) is 0 Å². The fraction of sp³-hybridized carbons (Fsp3) is 0.333. The number of hydroxylamine groups is 2. The number of ketones is 1. The van der Waals surface area contributed by atoms with Gasteiger partial charge in [-0.3, -0.25) is 9.59 Å². The van der Waals surface area contributed by atoms with E-state index in [9.17, 15) is 19.8 Å². The Morgan fingerprint density at radius 2 is 1.93 bits per heavy atom. The van der Waals surface area contributed by atoms with Crippen molar-refractivity contribution in [2.75, 3.05) is 7.05 Å². The number of carbonyl (C=O) groups is 2. The Morgan fingerprint density at radius 1 is 1.25 bits per heavy atom. The first-order chi connectivity index (χ1) is 13.3. The number of phenols is 1.